The molecule has 0 unspecified atom stereocenters. The number of rotatable bonds is 3. The van der Waals surface area contributed by atoms with Gasteiger partial charge in [-0.25, -0.2) is 10.5 Å². The van der Waals surface area contributed by atoms with Crippen molar-refractivity contribution in [3.63, 3.8) is 0 Å². The Labute approximate surface area is 95.0 Å². The van der Waals surface area contributed by atoms with Crippen molar-refractivity contribution in [1.29, 1.82) is 0 Å². The molecule has 0 aliphatic rings. The second-order valence-electron chi connectivity index (χ2n) is 2.89. The lowest BCUT2D eigenvalue weighted by Crippen LogP contribution is -2.23. The fourth-order valence-corrected chi connectivity index (χ4v) is 1.82. The van der Waals surface area contributed by atoms with Gasteiger partial charge in [-0.2, -0.15) is 4.68 Å². The molecular formula is C8H9N5O2S. The van der Waals surface area contributed by atoms with E-state index in [-0.39, 0.29) is 5.69 Å². The van der Waals surface area contributed by atoms with E-state index in [0.29, 0.717) is 10.8 Å². The number of hydroxylamine groups is 1. The molecule has 2 aromatic rings. The van der Waals surface area contributed by atoms with E-state index in [1.807, 2.05) is 5.38 Å². The first-order valence-electron chi connectivity index (χ1n) is 4.39. The smallest absolute Gasteiger partial charge is 0.277 e. The summed E-state index contributed by atoms with van der Waals surface area (Å²) in [5.41, 5.74) is 3.02. The van der Waals surface area contributed by atoms with Gasteiger partial charge in [0.05, 0.1) is 12.8 Å². The average Bonchev–Trinajstić information content (AvgIpc) is 2.86. The molecule has 16 heavy (non-hydrogen) atoms. The van der Waals surface area contributed by atoms with Crippen molar-refractivity contribution in [3.05, 3.63) is 23.0 Å². The van der Waals surface area contributed by atoms with Gasteiger partial charge in [0.1, 0.15) is 0 Å². The second kappa shape index (κ2) is 4.37. The molecule has 0 spiro atoms. The van der Waals surface area contributed by atoms with Crippen LogP contribution >= 0.6 is 11.3 Å². The van der Waals surface area contributed by atoms with Crippen molar-refractivity contribution in [1.82, 2.24) is 25.5 Å². The molecule has 0 aliphatic carbocycles. The number of nitrogens with zero attached hydrogens (tertiary/aromatic N) is 4. The van der Waals surface area contributed by atoms with E-state index in [4.69, 9.17) is 0 Å². The Morgan fingerprint density at radius 1 is 1.62 bits per heavy atom. The molecule has 0 radical (unpaired) electrons. The lowest BCUT2D eigenvalue weighted by atomic mass is 10.3. The summed E-state index contributed by atoms with van der Waals surface area (Å²) in [6.07, 6.45) is 1.66. The van der Waals surface area contributed by atoms with E-state index in [2.05, 4.69) is 25.6 Å². The Balaban J connectivity index is 2.35. The molecule has 0 fully saturated rings. The molecule has 0 saturated heterocycles. The quantitative estimate of drug-likeness (QED) is 0.780. The number of hydrogen-bond acceptors (Lipinski definition) is 6. The molecule has 2 heterocycles. The van der Waals surface area contributed by atoms with E-state index >= 15 is 0 Å². The minimum Gasteiger partial charge on any atom is -0.277 e. The topological polar surface area (TPSA) is 81.9 Å². The van der Waals surface area contributed by atoms with Crippen molar-refractivity contribution in [2.45, 2.75) is 6.92 Å². The van der Waals surface area contributed by atoms with Crippen LogP contribution in [0.3, 0.4) is 0 Å². The van der Waals surface area contributed by atoms with Crippen LogP contribution < -0.4 is 5.48 Å². The molecule has 0 bridgehead atoms. The van der Waals surface area contributed by atoms with Gasteiger partial charge >= 0.3 is 0 Å². The Morgan fingerprint density at radius 3 is 3.06 bits per heavy atom. The number of nitrogens with one attached hydrogen (secondary N) is 1. The van der Waals surface area contributed by atoms with Crippen molar-refractivity contribution in [2.24, 2.45) is 0 Å². The van der Waals surface area contributed by atoms with Gasteiger partial charge in [-0.05, 0) is 6.92 Å². The van der Waals surface area contributed by atoms with Crippen LogP contribution in [0.5, 0.6) is 0 Å². The summed E-state index contributed by atoms with van der Waals surface area (Å²) in [4.78, 5) is 20.1. The van der Waals surface area contributed by atoms with Crippen LogP contribution in [0.25, 0.3) is 5.13 Å². The zero-order valence-corrected chi connectivity index (χ0v) is 9.48. The average molecular weight is 239 g/mol. The predicted octanol–water partition coefficient (Wildman–Crippen LogP) is 0.323. The van der Waals surface area contributed by atoms with Crippen molar-refractivity contribution < 1.29 is 9.63 Å². The molecule has 1 amide bonds. The lowest BCUT2D eigenvalue weighted by Gasteiger charge is -1.99. The van der Waals surface area contributed by atoms with Crippen LogP contribution in [0.1, 0.15) is 16.2 Å². The first kappa shape index (κ1) is 10.7. The van der Waals surface area contributed by atoms with E-state index in [1.54, 1.807) is 13.1 Å². The van der Waals surface area contributed by atoms with Gasteiger partial charge in [0.15, 0.2) is 5.69 Å². The third kappa shape index (κ3) is 1.79. The Hall–Kier alpha value is -1.80. The zero-order valence-electron chi connectivity index (χ0n) is 8.67. The summed E-state index contributed by atoms with van der Waals surface area (Å²) in [5, 5.41) is 10.1. The van der Waals surface area contributed by atoms with E-state index in [0.717, 1.165) is 0 Å². The van der Waals surface area contributed by atoms with Gasteiger partial charge in [-0.15, -0.1) is 16.4 Å². The van der Waals surface area contributed by atoms with E-state index in [9.17, 15) is 4.79 Å². The number of hydrogen-bond donors (Lipinski definition) is 1. The van der Waals surface area contributed by atoms with Gasteiger partial charge < -0.3 is 0 Å². The van der Waals surface area contributed by atoms with Crippen LogP contribution in [0.2, 0.25) is 0 Å². The van der Waals surface area contributed by atoms with Gasteiger partial charge in [0.2, 0.25) is 5.13 Å². The molecule has 2 aromatic heterocycles. The lowest BCUT2D eigenvalue weighted by molar-refractivity contribution is 0.0531. The maximum absolute atomic E-state index is 11.5. The SMILES string of the molecule is CONC(=O)c1nnn(-c2nccs2)c1C. The third-order valence-electron chi connectivity index (χ3n) is 1.90. The van der Waals surface area contributed by atoms with Crippen molar-refractivity contribution >= 4 is 17.2 Å². The summed E-state index contributed by atoms with van der Waals surface area (Å²) < 4.78 is 1.51. The van der Waals surface area contributed by atoms with Crippen molar-refractivity contribution in [3.8, 4) is 5.13 Å². The van der Waals surface area contributed by atoms with Crippen molar-refractivity contribution in [2.75, 3.05) is 7.11 Å². The highest BCUT2D eigenvalue weighted by molar-refractivity contribution is 7.12. The molecule has 0 atom stereocenters. The minimum absolute atomic E-state index is 0.219. The van der Waals surface area contributed by atoms with Crippen LogP contribution in [-0.4, -0.2) is 33.0 Å². The Kier molecular flexibility index (Phi) is 2.93. The van der Waals surface area contributed by atoms with E-state index in [1.165, 1.54) is 23.1 Å². The molecule has 0 aromatic carbocycles. The monoisotopic (exact) mass is 239 g/mol. The molecule has 7 nitrogen and oxygen atoms in total. The summed E-state index contributed by atoms with van der Waals surface area (Å²) >= 11 is 1.41. The van der Waals surface area contributed by atoms with Gasteiger partial charge in [-0.1, -0.05) is 5.21 Å². The summed E-state index contributed by atoms with van der Waals surface area (Å²) in [6.45, 7) is 1.74. The predicted molar refractivity (Wildman–Crippen MR) is 56.2 cm³/mol. The Bertz CT molecular complexity index is 493. The third-order valence-corrected chi connectivity index (χ3v) is 2.65. The fraction of sp³-hybridized carbons (Fsp3) is 0.250. The molecular weight excluding hydrogens is 230 g/mol. The summed E-state index contributed by atoms with van der Waals surface area (Å²) in [7, 11) is 1.36. The van der Waals surface area contributed by atoms with Crippen LogP contribution in [-0.2, 0) is 4.84 Å². The fourth-order valence-electron chi connectivity index (χ4n) is 1.18. The number of thiazole rings is 1. The first-order valence-corrected chi connectivity index (χ1v) is 5.27. The molecule has 0 aliphatic heterocycles. The largest absolute Gasteiger partial charge is 0.297 e. The summed E-state index contributed by atoms with van der Waals surface area (Å²) in [6, 6.07) is 0. The normalized spacial score (nSPS) is 10.4. The summed E-state index contributed by atoms with van der Waals surface area (Å²) in [5.74, 6) is -0.428. The molecule has 84 valence electrons. The first-order chi connectivity index (χ1) is 7.74. The van der Waals surface area contributed by atoms with Gasteiger partial charge in [0.25, 0.3) is 5.91 Å². The minimum atomic E-state index is -0.428. The molecule has 1 N–H and O–H groups in total. The number of carbonyl (C=O) groups is 1. The molecule has 0 saturated carbocycles. The molecule has 8 heteroatoms. The van der Waals surface area contributed by atoms with Gasteiger partial charge in [-0.3, -0.25) is 9.63 Å². The second-order valence-corrected chi connectivity index (χ2v) is 3.76. The zero-order chi connectivity index (χ0) is 11.5. The number of aromatic nitrogens is 4. The van der Waals surface area contributed by atoms with Crippen LogP contribution in [0.4, 0.5) is 0 Å². The maximum atomic E-state index is 11.5. The highest BCUT2D eigenvalue weighted by Gasteiger charge is 2.17. The highest BCUT2D eigenvalue weighted by Crippen LogP contribution is 2.13. The molecule has 2 rings (SSSR count). The van der Waals surface area contributed by atoms with Gasteiger partial charge in [0, 0.05) is 11.6 Å². The Morgan fingerprint density at radius 2 is 2.44 bits per heavy atom. The number of amides is 1. The standard InChI is InChI=1S/C8H9N5O2S/c1-5-6(7(14)11-15-2)10-12-13(5)8-9-3-4-16-8/h3-4H,1-2H3,(H,11,14). The van der Waals surface area contributed by atoms with E-state index < -0.39 is 5.91 Å². The van der Waals surface area contributed by atoms with Crippen LogP contribution in [0.15, 0.2) is 11.6 Å². The van der Waals surface area contributed by atoms with Crippen LogP contribution in [0, 0.1) is 6.92 Å². The maximum Gasteiger partial charge on any atom is 0.297 e. The number of carbonyl (C=O) groups excluding carboxylic acids is 1. The highest BCUT2D eigenvalue weighted by atomic mass is 32.1.